The molecule has 1 N–H and O–H groups in total. The molecular formula is C10H20ClN3O3S. The van der Waals surface area contributed by atoms with Gasteiger partial charge in [0, 0.05) is 32.2 Å². The molecule has 0 spiro atoms. The molecular weight excluding hydrogens is 278 g/mol. The first-order valence-electron chi connectivity index (χ1n) is 5.94. The summed E-state index contributed by atoms with van der Waals surface area (Å²) < 4.78 is 24.5. The van der Waals surface area contributed by atoms with E-state index < -0.39 is 10.0 Å². The van der Waals surface area contributed by atoms with Crippen molar-refractivity contribution in [2.75, 3.05) is 39.0 Å². The second kappa shape index (κ2) is 6.18. The van der Waals surface area contributed by atoms with E-state index in [1.54, 1.807) is 0 Å². The fraction of sp³-hybridized carbons (Fsp3) is 0.900. The van der Waals surface area contributed by atoms with Gasteiger partial charge in [0.2, 0.25) is 15.9 Å². The number of nitrogens with zero attached hydrogens (tertiary/aromatic N) is 2. The van der Waals surface area contributed by atoms with E-state index in [0.29, 0.717) is 26.2 Å². The van der Waals surface area contributed by atoms with Crippen molar-refractivity contribution in [3.05, 3.63) is 0 Å². The van der Waals surface area contributed by atoms with E-state index in [-0.39, 0.29) is 24.4 Å². The lowest BCUT2D eigenvalue weighted by Gasteiger charge is -2.40. The van der Waals surface area contributed by atoms with Crippen LogP contribution in [-0.4, -0.2) is 68.6 Å². The van der Waals surface area contributed by atoms with Crippen molar-refractivity contribution < 1.29 is 13.2 Å². The molecule has 1 amide bonds. The Morgan fingerprint density at radius 2 is 2.06 bits per heavy atom. The van der Waals surface area contributed by atoms with E-state index >= 15 is 0 Å². The number of nitrogens with one attached hydrogen (secondary N) is 1. The summed E-state index contributed by atoms with van der Waals surface area (Å²) in [7, 11) is -3.14. The van der Waals surface area contributed by atoms with Gasteiger partial charge in [-0.2, -0.15) is 0 Å². The third-order valence-electron chi connectivity index (χ3n) is 3.40. The van der Waals surface area contributed by atoms with E-state index in [9.17, 15) is 13.2 Å². The van der Waals surface area contributed by atoms with Crippen LogP contribution in [-0.2, 0) is 14.8 Å². The summed E-state index contributed by atoms with van der Waals surface area (Å²) in [6.45, 7) is 2.87. The van der Waals surface area contributed by atoms with Crippen LogP contribution in [0, 0.1) is 0 Å². The maximum atomic E-state index is 11.7. The van der Waals surface area contributed by atoms with Crippen molar-refractivity contribution in [3.8, 4) is 0 Å². The Morgan fingerprint density at radius 1 is 1.33 bits per heavy atom. The second-order valence-corrected chi connectivity index (χ2v) is 6.66. The van der Waals surface area contributed by atoms with E-state index in [1.807, 2.05) is 4.90 Å². The Kier molecular flexibility index (Phi) is 5.39. The zero-order chi connectivity index (χ0) is 12.5. The molecule has 2 rings (SSSR count). The number of amides is 1. The Hall–Kier alpha value is -0.370. The number of carbonyl (C=O) groups is 1. The van der Waals surface area contributed by atoms with Crippen molar-refractivity contribution >= 4 is 28.3 Å². The third kappa shape index (κ3) is 3.57. The highest BCUT2D eigenvalue weighted by Crippen LogP contribution is 2.18. The van der Waals surface area contributed by atoms with E-state index in [1.165, 1.54) is 10.6 Å². The van der Waals surface area contributed by atoms with Crippen LogP contribution in [0.1, 0.15) is 12.8 Å². The van der Waals surface area contributed by atoms with Crippen LogP contribution in [0.5, 0.6) is 0 Å². The van der Waals surface area contributed by atoms with Gasteiger partial charge in [-0.05, 0) is 12.8 Å². The van der Waals surface area contributed by atoms with Crippen LogP contribution >= 0.6 is 12.4 Å². The Balaban J connectivity index is 0.00000162. The largest absolute Gasteiger partial charge is 0.336 e. The molecule has 0 bridgehead atoms. The number of rotatable bonds is 2. The highest BCUT2D eigenvalue weighted by molar-refractivity contribution is 7.88. The summed E-state index contributed by atoms with van der Waals surface area (Å²) in [6, 6.07) is 0.0491. The summed E-state index contributed by atoms with van der Waals surface area (Å²) in [6.07, 6.45) is 2.96. The van der Waals surface area contributed by atoms with Crippen LogP contribution in [0.3, 0.4) is 0 Å². The highest BCUT2D eigenvalue weighted by Gasteiger charge is 2.32. The monoisotopic (exact) mass is 297 g/mol. The Labute approximate surface area is 114 Å². The SMILES string of the molecule is CS(=O)(=O)N1CCCC(N2CCNCC2=O)C1.Cl. The molecule has 106 valence electrons. The van der Waals surface area contributed by atoms with Crippen molar-refractivity contribution in [1.29, 1.82) is 0 Å². The Morgan fingerprint density at radius 3 is 2.67 bits per heavy atom. The molecule has 2 aliphatic heterocycles. The van der Waals surface area contributed by atoms with E-state index in [0.717, 1.165) is 19.4 Å². The lowest BCUT2D eigenvalue weighted by atomic mass is 10.1. The Bertz CT molecular complexity index is 401. The molecule has 0 aliphatic carbocycles. The number of piperazine rings is 1. The lowest BCUT2D eigenvalue weighted by molar-refractivity contribution is -0.135. The molecule has 6 nitrogen and oxygen atoms in total. The standard InChI is InChI=1S/C10H19N3O3S.ClH/c1-17(15,16)12-5-2-3-9(8-12)13-6-4-11-7-10(13)14;/h9,11H,2-8H2,1H3;1H. The molecule has 2 fully saturated rings. The van der Waals surface area contributed by atoms with Gasteiger partial charge in [0.1, 0.15) is 0 Å². The topological polar surface area (TPSA) is 69.7 Å². The first kappa shape index (κ1) is 15.7. The van der Waals surface area contributed by atoms with Crippen molar-refractivity contribution in [1.82, 2.24) is 14.5 Å². The first-order chi connectivity index (χ1) is 7.98. The molecule has 2 aliphatic rings. The van der Waals surface area contributed by atoms with Gasteiger partial charge in [0.05, 0.1) is 12.8 Å². The molecule has 2 saturated heterocycles. The molecule has 1 atom stereocenters. The predicted molar refractivity (Wildman–Crippen MR) is 71.3 cm³/mol. The van der Waals surface area contributed by atoms with Gasteiger partial charge in [-0.1, -0.05) is 0 Å². The van der Waals surface area contributed by atoms with Gasteiger partial charge in [-0.3, -0.25) is 4.79 Å². The van der Waals surface area contributed by atoms with Crippen LogP contribution in [0.4, 0.5) is 0 Å². The maximum Gasteiger partial charge on any atom is 0.236 e. The number of hydrogen-bond acceptors (Lipinski definition) is 4. The number of sulfonamides is 1. The van der Waals surface area contributed by atoms with Gasteiger partial charge in [-0.25, -0.2) is 12.7 Å². The number of halogens is 1. The molecule has 0 saturated carbocycles. The summed E-state index contributed by atoms with van der Waals surface area (Å²) in [5.41, 5.74) is 0. The molecule has 8 heteroatoms. The summed E-state index contributed by atoms with van der Waals surface area (Å²) in [5.74, 6) is 0.0802. The number of piperidine rings is 1. The van der Waals surface area contributed by atoms with Crippen LogP contribution in [0.15, 0.2) is 0 Å². The highest BCUT2D eigenvalue weighted by atomic mass is 35.5. The zero-order valence-electron chi connectivity index (χ0n) is 10.5. The normalized spacial score (nSPS) is 26.8. The van der Waals surface area contributed by atoms with Crippen molar-refractivity contribution in [2.24, 2.45) is 0 Å². The minimum atomic E-state index is -3.14. The minimum Gasteiger partial charge on any atom is -0.336 e. The quantitative estimate of drug-likeness (QED) is 0.729. The zero-order valence-corrected chi connectivity index (χ0v) is 12.1. The average molecular weight is 298 g/mol. The van der Waals surface area contributed by atoms with Gasteiger partial charge >= 0.3 is 0 Å². The maximum absolute atomic E-state index is 11.7. The summed E-state index contributed by atoms with van der Waals surface area (Å²) >= 11 is 0. The number of hydrogen-bond donors (Lipinski definition) is 1. The minimum absolute atomic E-state index is 0. The third-order valence-corrected chi connectivity index (χ3v) is 4.66. The van der Waals surface area contributed by atoms with Gasteiger partial charge in [0.15, 0.2) is 0 Å². The van der Waals surface area contributed by atoms with Crippen molar-refractivity contribution in [2.45, 2.75) is 18.9 Å². The lowest BCUT2D eigenvalue weighted by Crippen LogP contribution is -2.57. The summed E-state index contributed by atoms with van der Waals surface area (Å²) in [4.78, 5) is 13.6. The van der Waals surface area contributed by atoms with Gasteiger partial charge in [-0.15, -0.1) is 12.4 Å². The van der Waals surface area contributed by atoms with Crippen LogP contribution < -0.4 is 5.32 Å². The van der Waals surface area contributed by atoms with Crippen molar-refractivity contribution in [3.63, 3.8) is 0 Å². The van der Waals surface area contributed by atoms with E-state index in [4.69, 9.17) is 0 Å². The predicted octanol–water partition coefficient (Wildman–Crippen LogP) is -0.736. The molecule has 0 aromatic carbocycles. The second-order valence-electron chi connectivity index (χ2n) is 4.68. The van der Waals surface area contributed by atoms with Crippen LogP contribution in [0.2, 0.25) is 0 Å². The summed E-state index contributed by atoms with van der Waals surface area (Å²) in [5, 5.41) is 3.02. The smallest absolute Gasteiger partial charge is 0.236 e. The average Bonchev–Trinajstić information content (AvgIpc) is 2.29. The van der Waals surface area contributed by atoms with E-state index in [2.05, 4.69) is 5.32 Å². The van der Waals surface area contributed by atoms with Gasteiger partial charge in [0.25, 0.3) is 0 Å². The fourth-order valence-corrected chi connectivity index (χ4v) is 3.39. The first-order valence-corrected chi connectivity index (χ1v) is 7.78. The molecule has 0 radical (unpaired) electrons. The van der Waals surface area contributed by atoms with Crippen LogP contribution in [0.25, 0.3) is 0 Å². The molecule has 0 aromatic heterocycles. The number of carbonyl (C=O) groups excluding carboxylic acids is 1. The van der Waals surface area contributed by atoms with Gasteiger partial charge < -0.3 is 10.2 Å². The molecule has 18 heavy (non-hydrogen) atoms. The fourth-order valence-electron chi connectivity index (χ4n) is 2.48. The molecule has 2 heterocycles. The molecule has 0 aromatic rings. The molecule has 1 unspecified atom stereocenters.